The highest BCUT2D eigenvalue weighted by Crippen LogP contribution is 2.42. The number of hydrogen-bond acceptors (Lipinski definition) is 4. The van der Waals surface area contributed by atoms with Gasteiger partial charge in [-0.2, -0.15) is 0 Å². The van der Waals surface area contributed by atoms with Crippen molar-refractivity contribution in [1.29, 1.82) is 0 Å². The third kappa shape index (κ3) is 1.50. The Hall–Kier alpha value is -1.62. The first-order chi connectivity index (χ1) is 8.22. The van der Waals surface area contributed by atoms with Crippen LogP contribution in [0.4, 0.5) is 4.39 Å². The van der Waals surface area contributed by atoms with Crippen molar-refractivity contribution in [3.8, 4) is 0 Å². The zero-order valence-corrected chi connectivity index (χ0v) is 9.23. The second kappa shape index (κ2) is 3.70. The number of amidine groups is 1. The van der Waals surface area contributed by atoms with E-state index in [9.17, 15) is 4.39 Å². The molecule has 0 bridgehead atoms. The number of benzene rings is 1. The minimum Gasteiger partial charge on any atom is -0.465 e. The Labute approximate surface area is 98.2 Å². The van der Waals surface area contributed by atoms with E-state index in [1.54, 1.807) is 18.2 Å². The van der Waals surface area contributed by atoms with E-state index in [1.807, 2.05) is 0 Å². The smallest absolute Gasteiger partial charge is 0.282 e. The Bertz CT molecular complexity index is 477. The number of ether oxygens (including phenoxy) is 2. The Morgan fingerprint density at radius 2 is 2.18 bits per heavy atom. The van der Waals surface area contributed by atoms with Gasteiger partial charge in [-0.05, 0) is 6.07 Å². The fraction of sp³-hybridized carbons (Fsp3) is 0.417. The van der Waals surface area contributed by atoms with E-state index in [1.165, 1.54) is 6.07 Å². The van der Waals surface area contributed by atoms with Crippen LogP contribution >= 0.6 is 0 Å². The van der Waals surface area contributed by atoms with Crippen LogP contribution in [0.1, 0.15) is 5.56 Å². The number of hydrogen-bond donors (Lipinski definition) is 1. The Kier molecular flexibility index (Phi) is 2.29. The highest BCUT2D eigenvalue weighted by Gasteiger charge is 2.49. The van der Waals surface area contributed by atoms with Crippen molar-refractivity contribution in [2.45, 2.75) is 5.54 Å². The molecule has 2 heterocycles. The maximum absolute atomic E-state index is 13.9. The molecule has 5 heteroatoms. The first-order valence-corrected chi connectivity index (χ1v) is 5.53. The van der Waals surface area contributed by atoms with Gasteiger partial charge in [0.1, 0.15) is 11.4 Å². The van der Waals surface area contributed by atoms with E-state index in [0.717, 1.165) is 0 Å². The summed E-state index contributed by atoms with van der Waals surface area (Å²) in [7, 11) is 0. The van der Waals surface area contributed by atoms with Gasteiger partial charge in [0.05, 0.1) is 19.8 Å². The largest absolute Gasteiger partial charge is 0.465 e. The van der Waals surface area contributed by atoms with Crippen LogP contribution in [-0.2, 0) is 15.0 Å². The summed E-state index contributed by atoms with van der Waals surface area (Å²) in [6.45, 7) is 1.29. The number of aliphatic imine (C=N–C) groups is 1. The van der Waals surface area contributed by atoms with Crippen LogP contribution in [0.25, 0.3) is 0 Å². The van der Waals surface area contributed by atoms with Crippen LogP contribution in [0.2, 0.25) is 0 Å². The maximum Gasteiger partial charge on any atom is 0.282 e. The molecule has 0 aromatic heterocycles. The lowest BCUT2D eigenvalue weighted by molar-refractivity contribution is 0.154. The molecule has 2 N–H and O–H groups in total. The molecule has 2 atom stereocenters. The number of fused-ring (bicyclic) bond motifs is 1. The minimum atomic E-state index is -0.715. The molecule has 0 amide bonds. The van der Waals surface area contributed by atoms with Gasteiger partial charge in [0.2, 0.25) is 0 Å². The van der Waals surface area contributed by atoms with Gasteiger partial charge in [0.25, 0.3) is 6.02 Å². The van der Waals surface area contributed by atoms with Crippen LogP contribution in [0, 0.1) is 11.7 Å². The first kappa shape index (κ1) is 10.5. The molecule has 90 valence electrons. The van der Waals surface area contributed by atoms with E-state index >= 15 is 0 Å². The fourth-order valence-corrected chi connectivity index (χ4v) is 2.51. The van der Waals surface area contributed by atoms with Gasteiger partial charge in [-0.3, -0.25) is 0 Å². The first-order valence-electron chi connectivity index (χ1n) is 5.53. The highest BCUT2D eigenvalue weighted by molar-refractivity contribution is 5.73. The quantitative estimate of drug-likeness (QED) is 0.791. The molecular weight excluding hydrogens is 223 g/mol. The van der Waals surface area contributed by atoms with E-state index in [-0.39, 0.29) is 17.8 Å². The Balaban J connectivity index is 2.15. The molecule has 1 aromatic carbocycles. The molecule has 0 aliphatic carbocycles. The van der Waals surface area contributed by atoms with Crippen molar-refractivity contribution < 1.29 is 13.9 Å². The molecule has 3 rings (SSSR count). The molecule has 4 nitrogen and oxygen atoms in total. The lowest BCUT2D eigenvalue weighted by atomic mass is 9.80. The lowest BCUT2D eigenvalue weighted by Gasteiger charge is -2.34. The van der Waals surface area contributed by atoms with E-state index in [2.05, 4.69) is 4.99 Å². The molecule has 2 aliphatic rings. The monoisotopic (exact) mass is 236 g/mol. The summed E-state index contributed by atoms with van der Waals surface area (Å²) >= 11 is 0. The Morgan fingerprint density at radius 3 is 3.00 bits per heavy atom. The van der Waals surface area contributed by atoms with E-state index in [4.69, 9.17) is 15.2 Å². The average molecular weight is 236 g/mol. The van der Waals surface area contributed by atoms with E-state index in [0.29, 0.717) is 25.4 Å². The summed E-state index contributed by atoms with van der Waals surface area (Å²) in [6, 6.07) is 6.73. The summed E-state index contributed by atoms with van der Waals surface area (Å²) in [6.07, 6.45) is 0. The van der Waals surface area contributed by atoms with Crippen molar-refractivity contribution >= 4 is 6.02 Å². The van der Waals surface area contributed by atoms with Crippen LogP contribution in [0.5, 0.6) is 0 Å². The lowest BCUT2D eigenvalue weighted by Crippen LogP contribution is -2.43. The summed E-state index contributed by atoms with van der Waals surface area (Å²) in [5.41, 5.74) is 5.43. The minimum absolute atomic E-state index is 0.0201. The van der Waals surface area contributed by atoms with Crippen LogP contribution in [0.15, 0.2) is 29.3 Å². The van der Waals surface area contributed by atoms with Crippen LogP contribution in [-0.4, -0.2) is 25.8 Å². The normalized spacial score (nSPS) is 31.6. The van der Waals surface area contributed by atoms with E-state index < -0.39 is 5.54 Å². The molecule has 0 radical (unpaired) electrons. The molecular formula is C12H13FN2O2. The molecule has 1 aromatic rings. The Morgan fingerprint density at radius 1 is 1.35 bits per heavy atom. The highest BCUT2D eigenvalue weighted by atomic mass is 19.1. The SMILES string of the molecule is NC1=N[C@@]2(c3ccccc3F)COC[C@H]2CO1. The van der Waals surface area contributed by atoms with Crippen molar-refractivity contribution in [3.63, 3.8) is 0 Å². The van der Waals surface area contributed by atoms with Gasteiger partial charge >= 0.3 is 0 Å². The van der Waals surface area contributed by atoms with Gasteiger partial charge in [-0.1, -0.05) is 18.2 Å². The maximum atomic E-state index is 13.9. The molecule has 1 saturated heterocycles. The number of halogens is 1. The van der Waals surface area contributed by atoms with Gasteiger partial charge < -0.3 is 15.2 Å². The van der Waals surface area contributed by atoms with Gasteiger partial charge in [0.15, 0.2) is 0 Å². The van der Waals surface area contributed by atoms with Crippen molar-refractivity contribution in [3.05, 3.63) is 35.6 Å². The molecule has 17 heavy (non-hydrogen) atoms. The van der Waals surface area contributed by atoms with Crippen molar-refractivity contribution in [2.24, 2.45) is 16.6 Å². The van der Waals surface area contributed by atoms with Gasteiger partial charge in [-0.25, -0.2) is 9.38 Å². The zero-order valence-electron chi connectivity index (χ0n) is 9.23. The third-order valence-corrected chi connectivity index (χ3v) is 3.40. The molecule has 2 aliphatic heterocycles. The van der Waals surface area contributed by atoms with Crippen LogP contribution < -0.4 is 5.73 Å². The summed E-state index contributed by atoms with van der Waals surface area (Å²) in [4.78, 5) is 4.31. The summed E-state index contributed by atoms with van der Waals surface area (Å²) in [5.74, 6) is -0.256. The van der Waals surface area contributed by atoms with Crippen molar-refractivity contribution in [1.82, 2.24) is 0 Å². The fourth-order valence-electron chi connectivity index (χ4n) is 2.51. The van der Waals surface area contributed by atoms with Crippen molar-refractivity contribution in [2.75, 3.05) is 19.8 Å². The third-order valence-electron chi connectivity index (χ3n) is 3.40. The summed E-state index contributed by atoms with van der Waals surface area (Å²) < 4.78 is 24.6. The van der Waals surface area contributed by atoms with Crippen LogP contribution in [0.3, 0.4) is 0 Å². The topological polar surface area (TPSA) is 56.8 Å². The average Bonchev–Trinajstić information content (AvgIpc) is 2.73. The standard InChI is InChI=1S/C12H13FN2O2/c13-10-4-2-1-3-9(10)12-7-16-5-8(12)6-17-11(14)15-12/h1-4,8H,5-7H2,(H2,14,15)/t8-,12-/m0/s1. The second-order valence-electron chi connectivity index (χ2n) is 4.38. The number of nitrogens with two attached hydrogens (primary N) is 1. The predicted octanol–water partition coefficient (Wildman–Crippen LogP) is 1.01. The molecule has 0 unspecified atom stereocenters. The zero-order chi connectivity index (χ0) is 11.9. The second-order valence-corrected chi connectivity index (χ2v) is 4.38. The molecule has 0 spiro atoms. The molecule has 0 saturated carbocycles. The number of rotatable bonds is 1. The molecule has 1 fully saturated rings. The van der Waals surface area contributed by atoms with Gasteiger partial charge in [0, 0.05) is 11.5 Å². The van der Waals surface area contributed by atoms with Gasteiger partial charge in [-0.15, -0.1) is 0 Å². The summed E-state index contributed by atoms with van der Waals surface area (Å²) in [5, 5.41) is 0. The predicted molar refractivity (Wildman–Crippen MR) is 60.0 cm³/mol. The number of nitrogens with zero attached hydrogens (tertiary/aromatic N) is 1.